The van der Waals surface area contributed by atoms with Gasteiger partial charge in [-0.15, -0.1) is 0 Å². The number of hydrogen-bond donors (Lipinski definition) is 2. The van der Waals surface area contributed by atoms with E-state index in [1.165, 1.54) is 18.4 Å². The lowest BCUT2D eigenvalue weighted by Gasteiger charge is -2.38. The zero-order valence-corrected chi connectivity index (χ0v) is 25.8. The van der Waals surface area contributed by atoms with Crippen LogP contribution in [0.2, 0.25) is 5.02 Å². The molecule has 2 N–H and O–H groups in total. The molecule has 2 unspecified atom stereocenters. The van der Waals surface area contributed by atoms with Gasteiger partial charge in [-0.25, -0.2) is 4.39 Å². The molecule has 0 amide bonds. The summed E-state index contributed by atoms with van der Waals surface area (Å²) in [4.78, 5) is 17.3. The fraction of sp³-hybridized carbons (Fsp3) is 0.588. The minimum Gasteiger partial charge on any atom is -0.508 e. The van der Waals surface area contributed by atoms with Crippen LogP contribution in [0.4, 0.5) is 15.9 Å². The molecule has 10 heteroatoms. The van der Waals surface area contributed by atoms with Gasteiger partial charge in [-0.3, -0.25) is 4.90 Å². The van der Waals surface area contributed by atoms with Crippen LogP contribution in [0.5, 0.6) is 11.8 Å². The Morgan fingerprint density at radius 1 is 1.05 bits per heavy atom. The maximum Gasteiger partial charge on any atom is 0.318 e. The van der Waals surface area contributed by atoms with E-state index in [9.17, 15) is 5.11 Å². The maximum absolute atomic E-state index is 16.0. The minimum absolute atomic E-state index is 0.0300. The molecule has 1 aromatic heterocycles. The van der Waals surface area contributed by atoms with E-state index in [-0.39, 0.29) is 17.3 Å². The monoisotopic (exact) mass is 618 g/mol. The Kier molecular flexibility index (Phi) is 6.27. The second kappa shape index (κ2) is 10.1. The number of fused-ring (bicyclic) bond motifs is 7. The van der Waals surface area contributed by atoms with Gasteiger partial charge in [0, 0.05) is 61.2 Å². The van der Waals surface area contributed by atoms with Gasteiger partial charge in [-0.05, 0) is 75.4 Å². The molecule has 5 aliphatic heterocycles. The Balaban J connectivity index is 1.07. The third-order valence-electron chi connectivity index (χ3n) is 11.6. The van der Waals surface area contributed by atoms with Crippen LogP contribution < -0.4 is 19.9 Å². The van der Waals surface area contributed by atoms with Gasteiger partial charge >= 0.3 is 6.01 Å². The van der Waals surface area contributed by atoms with Crippen LogP contribution in [-0.2, 0) is 13.0 Å². The van der Waals surface area contributed by atoms with Crippen molar-refractivity contribution in [3.8, 4) is 11.8 Å². The van der Waals surface area contributed by atoms with Crippen LogP contribution >= 0.6 is 11.6 Å². The van der Waals surface area contributed by atoms with Crippen LogP contribution in [0.25, 0.3) is 10.8 Å². The largest absolute Gasteiger partial charge is 0.508 e. The number of phenolic OH excluding ortho intramolecular Hbond substituents is 1. The van der Waals surface area contributed by atoms with E-state index < -0.39 is 5.67 Å². The Bertz CT molecular complexity index is 1630. The van der Waals surface area contributed by atoms with E-state index in [1.807, 2.05) is 24.3 Å². The van der Waals surface area contributed by atoms with E-state index in [0.717, 1.165) is 86.3 Å². The van der Waals surface area contributed by atoms with Gasteiger partial charge in [-0.2, -0.15) is 9.97 Å². The molecule has 5 fully saturated rings. The molecule has 0 radical (unpaired) electrons. The van der Waals surface area contributed by atoms with Gasteiger partial charge in [-0.1, -0.05) is 23.7 Å². The molecular formula is C34H40ClFN6O2. The van der Waals surface area contributed by atoms with E-state index in [4.69, 9.17) is 26.3 Å². The molecule has 3 aromatic rings. The average Bonchev–Trinajstić information content (AvgIpc) is 3.73. The number of benzene rings is 2. The van der Waals surface area contributed by atoms with E-state index in [2.05, 4.69) is 20.0 Å². The molecule has 6 heterocycles. The van der Waals surface area contributed by atoms with Crippen molar-refractivity contribution in [1.82, 2.24) is 20.2 Å². The van der Waals surface area contributed by atoms with E-state index >= 15 is 4.39 Å². The molecule has 232 valence electrons. The number of aromatic hydroxyl groups is 1. The first-order chi connectivity index (χ1) is 21.4. The number of piperazine rings is 1. The SMILES string of the molecule is Oc1cc(N2CCc3c(nc(OC[C@@]45CCCN4[C@@H]4CCC[C@]4(F)C5)nc3N3CC4CCC(C3)N4)C2)c2c(Cl)cccc2c1. The Morgan fingerprint density at radius 3 is 2.77 bits per heavy atom. The van der Waals surface area contributed by atoms with Crippen molar-refractivity contribution in [1.29, 1.82) is 0 Å². The first kappa shape index (κ1) is 27.4. The first-order valence-electron chi connectivity index (χ1n) is 16.5. The van der Waals surface area contributed by atoms with Gasteiger partial charge < -0.3 is 25.0 Å². The van der Waals surface area contributed by atoms with Crippen molar-refractivity contribution in [3.05, 3.63) is 46.6 Å². The minimum atomic E-state index is -1.09. The lowest BCUT2D eigenvalue weighted by Crippen LogP contribution is -2.52. The fourth-order valence-electron chi connectivity index (χ4n) is 9.73. The predicted molar refractivity (Wildman–Crippen MR) is 170 cm³/mol. The van der Waals surface area contributed by atoms with Crippen LogP contribution in [0.1, 0.15) is 62.6 Å². The molecule has 1 saturated carbocycles. The quantitative estimate of drug-likeness (QED) is 0.395. The number of halogens is 2. The molecule has 2 bridgehead atoms. The Hall–Kier alpha value is -2.88. The number of nitrogens with zero attached hydrogens (tertiary/aromatic N) is 5. The number of hydrogen-bond acceptors (Lipinski definition) is 8. The van der Waals surface area contributed by atoms with Gasteiger partial charge in [0.15, 0.2) is 0 Å². The summed E-state index contributed by atoms with van der Waals surface area (Å²) in [6.45, 7) is 4.58. The van der Waals surface area contributed by atoms with E-state index in [1.54, 1.807) is 6.07 Å². The number of ether oxygens (including phenoxy) is 1. The molecule has 8 nitrogen and oxygen atoms in total. The van der Waals surface area contributed by atoms with Crippen LogP contribution in [-0.4, -0.2) is 82.1 Å². The summed E-state index contributed by atoms with van der Waals surface area (Å²) in [7, 11) is 0. The lowest BCUT2D eigenvalue weighted by molar-refractivity contribution is 0.0808. The zero-order valence-electron chi connectivity index (χ0n) is 25.1. The fourth-order valence-corrected chi connectivity index (χ4v) is 10.0. The lowest BCUT2D eigenvalue weighted by atomic mass is 9.88. The highest BCUT2D eigenvalue weighted by molar-refractivity contribution is 6.36. The summed E-state index contributed by atoms with van der Waals surface area (Å²) in [5, 5.41) is 16.9. The summed E-state index contributed by atoms with van der Waals surface area (Å²) in [5.74, 6) is 1.21. The third-order valence-corrected chi connectivity index (χ3v) is 11.9. The van der Waals surface area contributed by atoms with Crippen molar-refractivity contribution in [2.24, 2.45) is 0 Å². The molecule has 9 rings (SSSR count). The summed E-state index contributed by atoms with van der Waals surface area (Å²) < 4.78 is 22.6. The normalized spacial score (nSPS) is 32.7. The van der Waals surface area contributed by atoms with Crippen LogP contribution in [0, 0.1) is 0 Å². The molecule has 5 atom stereocenters. The number of nitrogens with one attached hydrogen (secondary N) is 1. The number of alkyl halides is 1. The maximum atomic E-state index is 16.0. The highest BCUT2D eigenvalue weighted by atomic mass is 35.5. The van der Waals surface area contributed by atoms with Crippen LogP contribution in [0.15, 0.2) is 30.3 Å². The average molecular weight is 619 g/mol. The molecular weight excluding hydrogens is 579 g/mol. The summed E-state index contributed by atoms with van der Waals surface area (Å²) in [6.07, 6.45) is 8.39. The van der Waals surface area contributed by atoms with E-state index in [0.29, 0.717) is 49.1 Å². The Labute approximate surface area is 262 Å². The number of anilines is 2. The molecule has 1 aliphatic carbocycles. The van der Waals surface area contributed by atoms with Crippen molar-refractivity contribution < 1.29 is 14.2 Å². The smallest absolute Gasteiger partial charge is 0.318 e. The molecule has 4 saturated heterocycles. The second-order valence-electron chi connectivity index (χ2n) is 14.2. The van der Waals surface area contributed by atoms with Gasteiger partial charge in [0.25, 0.3) is 0 Å². The first-order valence-corrected chi connectivity index (χ1v) is 16.9. The van der Waals surface area contributed by atoms with Crippen LogP contribution in [0.3, 0.4) is 0 Å². The summed E-state index contributed by atoms with van der Waals surface area (Å²) in [6, 6.07) is 10.8. The van der Waals surface area contributed by atoms with Gasteiger partial charge in [0.1, 0.15) is 23.8 Å². The van der Waals surface area contributed by atoms with Crippen molar-refractivity contribution in [3.63, 3.8) is 0 Å². The summed E-state index contributed by atoms with van der Waals surface area (Å²) >= 11 is 6.71. The molecule has 44 heavy (non-hydrogen) atoms. The number of rotatable bonds is 5. The zero-order chi connectivity index (χ0) is 29.6. The highest BCUT2D eigenvalue weighted by Gasteiger charge is 2.63. The molecule has 0 spiro atoms. The Morgan fingerprint density at radius 2 is 1.91 bits per heavy atom. The second-order valence-corrected chi connectivity index (χ2v) is 14.6. The van der Waals surface area contributed by atoms with Crippen molar-refractivity contribution in [2.45, 2.75) is 93.7 Å². The predicted octanol–water partition coefficient (Wildman–Crippen LogP) is 5.37. The number of phenols is 1. The van der Waals surface area contributed by atoms with Crippen molar-refractivity contribution in [2.75, 3.05) is 42.6 Å². The number of aromatic nitrogens is 2. The topological polar surface area (TPSA) is 77.0 Å². The van der Waals surface area contributed by atoms with Gasteiger partial charge in [0.2, 0.25) is 0 Å². The van der Waals surface area contributed by atoms with Crippen molar-refractivity contribution >= 4 is 33.9 Å². The van der Waals surface area contributed by atoms with Gasteiger partial charge in [0.05, 0.1) is 28.5 Å². The summed E-state index contributed by atoms with van der Waals surface area (Å²) in [5.41, 5.74) is 1.69. The standard InChI is InChI=1S/C34H40ClFN6O2/c35-26-5-1-4-21-14-24(43)15-28(30(21)26)40-13-9-25-27(18-40)38-32(39-31(25)41-16-22-7-8-23(17-41)37-22)44-20-33-10-3-12-42(33)29-6-2-11-34(29,36)19-33/h1,4-5,14-15,22-23,29,37,43H,2-3,6-13,16-20H2/t22?,23?,29-,33+,34+/m1/s1. The molecule has 6 aliphatic rings. The third kappa shape index (κ3) is 4.29. The highest BCUT2D eigenvalue weighted by Crippen LogP contribution is 2.55. The molecule has 2 aromatic carbocycles.